The highest BCUT2D eigenvalue weighted by atomic mass is 79.9. The van der Waals surface area contributed by atoms with Gasteiger partial charge in [0.15, 0.2) is 0 Å². The lowest BCUT2D eigenvalue weighted by Crippen LogP contribution is -2.33. The number of ether oxygens (including phenoxy) is 1. The zero-order valence-corrected chi connectivity index (χ0v) is 11.4. The van der Waals surface area contributed by atoms with Crippen LogP contribution in [0.15, 0.2) is 28.7 Å². The normalized spacial score (nSPS) is 18.2. The fourth-order valence-electron chi connectivity index (χ4n) is 2.06. The molecular formula is C13H18BrNO2. The van der Waals surface area contributed by atoms with E-state index in [4.69, 9.17) is 4.74 Å². The highest BCUT2D eigenvalue weighted by Gasteiger charge is 2.16. The summed E-state index contributed by atoms with van der Waals surface area (Å²) in [6.45, 7) is 3.27. The van der Waals surface area contributed by atoms with Crippen molar-refractivity contribution in [1.82, 2.24) is 4.90 Å². The van der Waals surface area contributed by atoms with Crippen LogP contribution >= 0.6 is 15.9 Å². The molecule has 94 valence electrons. The third kappa shape index (κ3) is 3.98. The van der Waals surface area contributed by atoms with Gasteiger partial charge < -0.3 is 14.7 Å². The summed E-state index contributed by atoms with van der Waals surface area (Å²) in [6, 6.07) is 7.69. The number of para-hydroxylation sites is 1. The first kappa shape index (κ1) is 12.9. The van der Waals surface area contributed by atoms with Gasteiger partial charge in [0, 0.05) is 6.54 Å². The van der Waals surface area contributed by atoms with Crippen molar-refractivity contribution in [3.05, 3.63) is 28.7 Å². The third-order valence-electron chi connectivity index (χ3n) is 2.94. The van der Waals surface area contributed by atoms with Gasteiger partial charge in [-0.1, -0.05) is 12.1 Å². The van der Waals surface area contributed by atoms with Crippen molar-refractivity contribution in [3.63, 3.8) is 0 Å². The maximum Gasteiger partial charge on any atom is 0.133 e. The SMILES string of the molecule is OC(COc1ccccc1Br)CN1CCCC1. The molecule has 1 unspecified atom stereocenters. The number of β-amino-alcohol motifs (C(OH)–C–C–N with tert-alkyl or cyclic N) is 1. The number of halogens is 1. The second-order valence-electron chi connectivity index (χ2n) is 4.40. The number of hydrogen-bond donors (Lipinski definition) is 1. The lowest BCUT2D eigenvalue weighted by molar-refractivity contribution is 0.0755. The van der Waals surface area contributed by atoms with Crippen LogP contribution in [0.4, 0.5) is 0 Å². The Balaban J connectivity index is 1.75. The predicted molar refractivity (Wildman–Crippen MR) is 71.3 cm³/mol. The van der Waals surface area contributed by atoms with Gasteiger partial charge in [-0.15, -0.1) is 0 Å². The Labute approximate surface area is 111 Å². The van der Waals surface area contributed by atoms with Gasteiger partial charge in [0.25, 0.3) is 0 Å². The zero-order valence-electron chi connectivity index (χ0n) is 9.81. The van der Waals surface area contributed by atoms with Crippen LogP contribution in [-0.2, 0) is 0 Å². The Morgan fingerprint density at radius 2 is 2.00 bits per heavy atom. The van der Waals surface area contributed by atoms with Gasteiger partial charge in [-0.25, -0.2) is 0 Å². The van der Waals surface area contributed by atoms with E-state index in [-0.39, 0.29) is 0 Å². The standard InChI is InChI=1S/C13H18BrNO2/c14-12-5-1-2-6-13(12)17-10-11(16)9-15-7-3-4-8-15/h1-2,5-6,11,16H,3-4,7-10H2. The van der Waals surface area contributed by atoms with Crippen LogP contribution in [0, 0.1) is 0 Å². The molecule has 2 rings (SSSR count). The van der Waals surface area contributed by atoms with Crippen molar-refractivity contribution in [2.45, 2.75) is 18.9 Å². The van der Waals surface area contributed by atoms with Crippen molar-refractivity contribution in [2.24, 2.45) is 0 Å². The van der Waals surface area contributed by atoms with Gasteiger partial charge in [0.2, 0.25) is 0 Å². The smallest absolute Gasteiger partial charge is 0.133 e. The molecule has 1 heterocycles. The van der Waals surface area contributed by atoms with Crippen LogP contribution in [-0.4, -0.2) is 42.4 Å². The van der Waals surface area contributed by atoms with Gasteiger partial charge in [0.1, 0.15) is 18.5 Å². The molecule has 0 spiro atoms. The summed E-state index contributed by atoms with van der Waals surface area (Å²) in [5, 5.41) is 9.88. The number of likely N-dealkylation sites (tertiary alicyclic amines) is 1. The molecular weight excluding hydrogens is 282 g/mol. The quantitative estimate of drug-likeness (QED) is 0.905. The zero-order chi connectivity index (χ0) is 12.1. The van der Waals surface area contributed by atoms with Crippen molar-refractivity contribution in [3.8, 4) is 5.75 Å². The van der Waals surface area contributed by atoms with E-state index in [2.05, 4.69) is 20.8 Å². The van der Waals surface area contributed by atoms with Crippen molar-refractivity contribution in [1.29, 1.82) is 0 Å². The predicted octanol–water partition coefficient (Wildman–Crippen LogP) is 2.28. The molecule has 1 N–H and O–H groups in total. The average molecular weight is 300 g/mol. The Hall–Kier alpha value is -0.580. The van der Waals surface area contributed by atoms with E-state index in [1.807, 2.05) is 24.3 Å². The largest absolute Gasteiger partial charge is 0.490 e. The van der Waals surface area contributed by atoms with Gasteiger partial charge in [-0.2, -0.15) is 0 Å². The molecule has 0 bridgehead atoms. The molecule has 0 radical (unpaired) electrons. The molecule has 3 nitrogen and oxygen atoms in total. The summed E-state index contributed by atoms with van der Waals surface area (Å²) >= 11 is 3.42. The highest BCUT2D eigenvalue weighted by Crippen LogP contribution is 2.23. The molecule has 4 heteroatoms. The van der Waals surface area contributed by atoms with Crippen molar-refractivity contribution in [2.75, 3.05) is 26.2 Å². The van der Waals surface area contributed by atoms with Gasteiger partial charge in [-0.3, -0.25) is 0 Å². The number of hydrogen-bond acceptors (Lipinski definition) is 3. The summed E-state index contributed by atoms with van der Waals surface area (Å²) in [5.41, 5.74) is 0. The van der Waals surface area contributed by atoms with Crippen LogP contribution in [0.25, 0.3) is 0 Å². The van der Waals surface area contributed by atoms with E-state index < -0.39 is 6.10 Å². The van der Waals surface area contributed by atoms with Gasteiger partial charge in [0.05, 0.1) is 4.47 Å². The summed E-state index contributed by atoms with van der Waals surface area (Å²) < 4.78 is 6.51. The second kappa shape index (κ2) is 6.38. The number of rotatable bonds is 5. The Kier molecular flexibility index (Phi) is 4.83. The lowest BCUT2D eigenvalue weighted by atomic mass is 10.3. The fraction of sp³-hybridized carbons (Fsp3) is 0.538. The molecule has 0 saturated carbocycles. The van der Waals surface area contributed by atoms with Crippen LogP contribution in [0.5, 0.6) is 5.75 Å². The van der Waals surface area contributed by atoms with Gasteiger partial charge >= 0.3 is 0 Å². The molecule has 0 aromatic heterocycles. The molecule has 0 amide bonds. The van der Waals surface area contributed by atoms with Crippen molar-refractivity contribution < 1.29 is 9.84 Å². The molecule has 0 aliphatic carbocycles. The number of benzene rings is 1. The first-order valence-electron chi connectivity index (χ1n) is 6.03. The Bertz CT molecular complexity index is 353. The minimum absolute atomic E-state index is 0.346. The number of nitrogens with zero attached hydrogens (tertiary/aromatic N) is 1. The number of aliphatic hydroxyl groups excluding tert-OH is 1. The Morgan fingerprint density at radius 1 is 1.29 bits per heavy atom. The highest BCUT2D eigenvalue weighted by molar-refractivity contribution is 9.10. The van der Waals surface area contributed by atoms with E-state index in [1.165, 1.54) is 12.8 Å². The lowest BCUT2D eigenvalue weighted by Gasteiger charge is -2.19. The molecule has 1 aromatic rings. The topological polar surface area (TPSA) is 32.7 Å². The molecule has 1 aliphatic rings. The van der Waals surface area contributed by atoms with Crippen LogP contribution in [0.3, 0.4) is 0 Å². The van der Waals surface area contributed by atoms with Crippen LogP contribution in [0.2, 0.25) is 0 Å². The molecule has 1 fully saturated rings. The van der Waals surface area contributed by atoms with Crippen LogP contribution < -0.4 is 4.74 Å². The first-order chi connectivity index (χ1) is 8.25. The maximum atomic E-state index is 9.88. The molecule has 1 atom stereocenters. The monoisotopic (exact) mass is 299 g/mol. The van der Waals surface area contributed by atoms with E-state index in [1.54, 1.807) is 0 Å². The molecule has 1 aliphatic heterocycles. The van der Waals surface area contributed by atoms with Gasteiger partial charge in [-0.05, 0) is 54.0 Å². The fourth-order valence-corrected chi connectivity index (χ4v) is 2.46. The minimum Gasteiger partial charge on any atom is -0.490 e. The minimum atomic E-state index is -0.416. The molecule has 1 aromatic carbocycles. The van der Waals surface area contributed by atoms with E-state index in [0.717, 1.165) is 23.3 Å². The molecule has 1 saturated heterocycles. The summed E-state index contributed by atoms with van der Waals surface area (Å²) in [7, 11) is 0. The molecule has 17 heavy (non-hydrogen) atoms. The first-order valence-corrected chi connectivity index (χ1v) is 6.83. The van der Waals surface area contributed by atoms with E-state index >= 15 is 0 Å². The summed E-state index contributed by atoms with van der Waals surface area (Å²) in [4.78, 5) is 2.29. The third-order valence-corrected chi connectivity index (χ3v) is 3.59. The van der Waals surface area contributed by atoms with Crippen LogP contribution in [0.1, 0.15) is 12.8 Å². The summed E-state index contributed by atoms with van der Waals surface area (Å²) in [5.74, 6) is 0.785. The maximum absolute atomic E-state index is 9.88. The van der Waals surface area contributed by atoms with E-state index in [0.29, 0.717) is 13.2 Å². The number of aliphatic hydroxyl groups is 1. The summed E-state index contributed by atoms with van der Waals surface area (Å²) in [6.07, 6.45) is 2.08. The average Bonchev–Trinajstić information content (AvgIpc) is 2.81. The second-order valence-corrected chi connectivity index (χ2v) is 5.26. The van der Waals surface area contributed by atoms with E-state index in [9.17, 15) is 5.11 Å². The van der Waals surface area contributed by atoms with Crippen molar-refractivity contribution >= 4 is 15.9 Å². The Morgan fingerprint density at radius 3 is 2.71 bits per heavy atom.